The molecule has 0 unspecified atom stereocenters. The fourth-order valence-electron chi connectivity index (χ4n) is 2.43. The molecule has 0 saturated heterocycles. The second-order valence-electron chi connectivity index (χ2n) is 5.73. The first-order valence-electron chi connectivity index (χ1n) is 8.31. The van der Waals surface area contributed by atoms with E-state index >= 15 is 0 Å². The van der Waals surface area contributed by atoms with Gasteiger partial charge in [-0.15, -0.1) is 0 Å². The van der Waals surface area contributed by atoms with Gasteiger partial charge in [0.15, 0.2) is 6.10 Å². The van der Waals surface area contributed by atoms with Gasteiger partial charge in [0.1, 0.15) is 11.5 Å². The molecule has 24 heavy (non-hydrogen) atoms. The molecule has 0 bridgehead atoms. The van der Waals surface area contributed by atoms with Gasteiger partial charge >= 0.3 is 0 Å². The standard InChI is InChI=1S/C20H25NO3/c1-5-18(24-19-12-7-14(3)13-15(19)4)20(22)21-16-8-10-17(11-9-16)23-6-2/h7-13,18H,5-6H2,1-4H3,(H,21,22)/t18-/m0/s1. The van der Waals surface area contributed by atoms with Crippen LogP contribution in [0.25, 0.3) is 0 Å². The normalized spacial score (nSPS) is 11.7. The van der Waals surface area contributed by atoms with Gasteiger partial charge in [0, 0.05) is 5.69 Å². The number of hydrogen-bond donors (Lipinski definition) is 1. The fourth-order valence-corrected chi connectivity index (χ4v) is 2.43. The summed E-state index contributed by atoms with van der Waals surface area (Å²) in [7, 11) is 0. The molecule has 0 aliphatic carbocycles. The summed E-state index contributed by atoms with van der Waals surface area (Å²) in [5.74, 6) is 1.38. The Labute approximate surface area is 143 Å². The van der Waals surface area contributed by atoms with E-state index in [1.807, 2.05) is 70.2 Å². The van der Waals surface area contributed by atoms with Crippen LogP contribution in [0.15, 0.2) is 42.5 Å². The van der Waals surface area contributed by atoms with Crippen molar-refractivity contribution in [3.8, 4) is 11.5 Å². The highest BCUT2D eigenvalue weighted by Crippen LogP contribution is 2.22. The van der Waals surface area contributed by atoms with Gasteiger partial charge in [-0.05, 0) is 63.1 Å². The molecule has 4 heteroatoms. The summed E-state index contributed by atoms with van der Waals surface area (Å²) >= 11 is 0. The lowest BCUT2D eigenvalue weighted by molar-refractivity contribution is -0.122. The van der Waals surface area contributed by atoms with Crippen LogP contribution in [0.4, 0.5) is 5.69 Å². The lowest BCUT2D eigenvalue weighted by Crippen LogP contribution is -2.32. The second kappa shape index (κ2) is 8.39. The average Bonchev–Trinajstić information content (AvgIpc) is 2.56. The molecule has 0 saturated carbocycles. The lowest BCUT2D eigenvalue weighted by Gasteiger charge is -2.19. The Hall–Kier alpha value is -2.49. The van der Waals surface area contributed by atoms with Crippen LogP contribution in [0.5, 0.6) is 11.5 Å². The van der Waals surface area contributed by atoms with Crippen molar-refractivity contribution < 1.29 is 14.3 Å². The van der Waals surface area contributed by atoms with E-state index in [4.69, 9.17) is 9.47 Å². The van der Waals surface area contributed by atoms with Crippen LogP contribution in [0, 0.1) is 13.8 Å². The predicted molar refractivity (Wildman–Crippen MR) is 96.9 cm³/mol. The number of hydrogen-bond acceptors (Lipinski definition) is 3. The molecule has 0 fully saturated rings. The van der Waals surface area contributed by atoms with Crippen molar-refractivity contribution in [3.05, 3.63) is 53.6 Å². The van der Waals surface area contributed by atoms with E-state index < -0.39 is 6.10 Å². The van der Waals surface area contributed by atoms with E-state index in [2.05, 4.69) is 5.32 Å². The Morgan fingerprint density at radius 3 is 2.38 bits per heavy atom. The lowest BCUT2D eigenvalue weighted by atomic mass is 10.1. The quantitative estimate of drug-likeness (QED) is 0.814. The second-order valence-corrected chi connectivity index (χ2v) is 5.73. The Balaban J connectivity index is 2.02. The molecule has 1 amide bonds. The fraction of sp³-hybridized carbons (Fsp3) is 0.350. The topological polar surface area (TPSA) is 47.6 Å². The highest BCUT2D eigenvalue weighted by molar-refractivity contribution is 5.94. The average molecular weight is 327 g/mol. The van der Waals surface area contributed by atoms with E-state index in [1.165, 1.54) is 5.56 Å². The molecule has 0 spiro atoms. The summed E-state index contributed by atoms with van der Waals surface area (Å²) in [4.78, 5) is 12.5. The van der Waals surface area contributed by atoms with Gasteiger partial charge in [0.25, 0.3) is 5.91 Å². The third kappa shape index (κ3) is 4.75. The van der Waals surface area contributed by atoms with Crippen molar-refractivity contribution in [1.29, 1.82) is 0 Å². The summed E-state index contributed by atoms with van der Waals surface area (Å²) < 4.78 is 11.3. The number of anilines is 1. The van der Waals surface area contributed by atoms with E-state index in [-0.39, 0.29) is 5.91 Å². The van der Waals surface area contributed by atoms with Gasteiger partial charge in [0.05, 0.1) is 6.61 Å². The largest absolute Gasteiger partial charge is 0.494 e. The predicted octanol–water partition coefficient (Wildman–Crippen LogP) is 4.50. The maximum absolute atomic E-state index is 12.5. The third-order valence-corrected chi connectivity index (χ3v) is 3.70. The van der Waals surface area contributed by atoms with Crippen LogP contribution >= 0.6 is 0 Å². The first-order valence-corrected chi connectivity index (χ1v) is 8.31. The molecule has 2 aromatic rings. The Morgan fingerprint density at radius 2 is 1.79 bits per heavy atom. The summed E-state index contributed by atoms with van der Waals surface area (Å²) in [6.07, 6.45) is 0.0638. The van der Waals surface area contributed by atoms with Crippen molar-refractivity contribution in [3.63, 3.8) is 0 Å². The third-order valence-electron chi connectivity index (χ3n) is 3.70. The van der Waals surface area contributed by atoms with E-state index in [0.29, 0.717) is 13.0 Å². The number of nitrogens with one attached hydrogen (secondary N) is 1. The number of carbonyl (C=O) groups is 1. The molecule has 1 N–H and O–H groups in total. The summed E-state index contributed by atoms with van der Waals surface area (Å²) in [5, 5.41) is 2.89. The molecule has 0 heterocycles. The smallest absolute Gasteiger partial charge is 0.265 e. The van der Waals surface area contributed by atoms with Crippen LogP contribution in [-0.4, -0.2) is 18.6 Å². The number of carbonyl (C=O) groups excluding carboxylic acids is 1. The first-order chi connectivity index (χ1) is 11.5. The zero-order valence-electron chi connectivity index (χ0n) is 14.8. The summed E-state index contributed by atoms with van der Waals surface area (Å²) in [5.41, 5.74) is 2.93. The van der Waals surface area contributed by atoms with E-state index in [9.17, 15) is 4.79 Å². The van der Waals surface area contributed by atoms with Crippen LogP contribution in [0.1, 0.15) is 31.4 Å². The first kappa shape index (κ1) is 17.9. The zero-order chi connectivity index (χ0) is 17.5. The van der Waals surface area contributed by atoms with E-state index in [1.54, 1.807) is 0 Å². The maximum atomic E-state index is 12.5. The van der Waals surface area contributed by atoms with Gasteiger partial charge < -0.3 is 14.8 Å². The Kier molecular flexibility index (Phi) is 6.24. The van der Waals surface area contributed by atoms with Gasteiger partial charge in [-0.1, -0.05) is 24.6 Å². The van der Waals surface area contributed by atoms with Gasteiger partial charge in [-0.3, -0.25) is 4.79 Å². The number of benzene rings is 2. The molecule has 4 nitrogen and oxygen atoms in total. The minimum Gasteiger partial charge on any atom is -0.494 e. The van der Waals surface area contributed by atoms with Gasteiger partial charge in [-0.2, -0.15) is 0 Å². The van der Waals surface area contributed by atoms with Crippen molar-refractivity contribution in [2.24, 2.45) is 0 Å². The minimum absolute atomic E-state index is 0.151. The molecule has 0 aromatic heterocycles. The summed E-state index contributed by atoms with van der Waals surface area (Å²) in [6.45, 7) is 8.51. The Morgan fingerprint density at radius 1 is 1.08 bits per heavy atom. The van der Waals surface area contributed by atoms with Crippen LogP contribution in [-0.2, 0) is 4.79 Å². The molecule has 1 atom stereocenters. The number of aryl methyl sites for hydroxylation is 2. The van der Waals surface area contributed by atoms with Crippen LogP contribution in [0.3, 0.4) is 0 Å². The monoisotopic (exact) mass is 327 g/mol. The highest BCUT2D eigenvalue weighted by Gasteiger charge is 2.19. The number of amides is 1. The van der Waals surface area contributed by atoms with Gasteiger partial charge in [-0.25, -0.2) is 0 Å². The molecule has 128 valence electrons. The van der Waals surface area contributed by atoms with Crippen molar-refractivity contribution in [1.82, 2.24) is 0 Å². The highest BCUT2D eigenvalue weighted by atomic mass is 16.5. The van der Waals surface area contributed by atoms with Crippen LogP contribution in [0.2, 0.25) is 0 Å². The molecular weight excluding hydrogens is 302 g/mol. The molecule has 0 aliphatic rings. The molecular formula is C20H25NO3. The van der Waals surface area contributed by atoms with Gasteiger partial charge in [0.2, 0.25) is 0 Å². The molecule has 2 aromatic carbocycles. The Bertz CT molecular complexity index is 680. The van der Waals surface area contributed by atoms with Crippen LogP contribution < -0.4 is 14.8 Å². The number of ether oxygens (including phenoxy) is 2. The molecule has 2 rings (SSSR count). The maximum Gasteiger partial charge on any atom is 0.265 e. The zero-order valence-corrected chi connectivity index (χ0v) is 14.8. The SMILES string of the molecule is CCOc1ccc(NC(=O)[C@H](CC)Oc2ccc(C)cc2C)cc1. The van der Waals surface area contributed by atoms with E-state index in [0.717, 1.165) is 22.7 Å². The summed E-state index contributed by atoms with van der Waals surface area (Å²) in [6, 6.07) is 13.3. The minimum atomic E-state index is -0.530. The molecule has 0 radical (unpaired) electrons. The van der Waals surface area contributed by atoms with Crippen molar-refractivity contribution in [2.45, 2.75) is 40.2 Å². The number of rotatable bonds is 7. The molecule has 0 aliphatic heterocycles. The van der Waals surface area contributed by atoms with Crippen molar-refractivity contribution >= 4 is 11.6 Å². The van der Waals surface area contributed by atoms with Crippen molar-refractivity contribution in [2.75, 3.05) is 11.9 Å².